The van der Waals surface area contributed by atoms with Crippen molar-refractivity contribution in [2.45, 2.75) is 26.0 Å². The highest BCUT2D eigenvalue weighted by Crippen LogP contribution is 2.10. The molecule has 0 aliphatic heterocycles. The number of carbonyl (C=O) groups excluding carboxylic acids is 3. The van der Waals surface area contributed by atoms with E-state index in [9.17, 15) is 18.8 Å². The molecule has 0 heterocycles. The summed E-state index contributed by atoms with van der Waals surface area (Å²) in [5.41, 5.74) is 0.660. The molecule has 0 aromatic heterocycles. The molecule has 0 aliphatic carbocycles. The zero-order valence-corrected chi connectivity index (χ0v) is 14.4. The average Bonchev–Trinajstić information content (AvgIpc) is 2.62. The number of hydrogen-bond donors (Lipinski definition) is 2. The zero-order chi connectivity index (χ0) is 19.1. The predicted octanol–water partition coefficient (Wildman–Crippen LogP) is 2.51. The van der Waals surface area contributed by atoms with Gasteiger partial charge < -0.3 is 15.4 Å². The highest BCUT2D eigenvalue weighted by molar-refractivity contribution is 5.98. The van der Waals surface area contributed by atoms with E-state index in [1.165, 1.54) is 32.0 Å². The van der Waals surface area contributed by atoms with Crippen molar-refractivity contribution in [3.05, 3.63) is 66.0 Å². The first-order chi connectivity index (χ1) is 12.4. The molecule has 2 aromatic carbocycles. The fourth-order valence-corrected chi connectivity index (χ4v) is 2.07. The predicted molar refractivity (Wildman–Crippen MR) is 94.0 cm³/mol. The summed E-state index contributed by atoms with van der Waals surface area (Å²) in [6.07, 6.45) is -1.11. The summed E-state index contributed by atoms with van der Waals surface area (Å²) in [6.45, 7) is 2.85. The van der Waals surface area contributed by atoms with Crippen LogP contribution >= 0.6 is 0 Å². The van der Waals surface area contributed by atoms with Gasteiger partial charge in [-0.1, -0.05) is 24.3 Å². The molecule has 0 bridgehead atoms. The lowest BCUT2D eigenvalue weighted by molar-refractivity contribution is -0.154. The van der Waals surface area contributed by atoms with Crippen LogP contribution in [0.5, 0.6) is 0 Å². The summed E-state index contributed by atoms with van der Waals surface area (Å²) < 4.78 is 18.2. The summed E-state index contributed by atoms with van der Waals surface area (Å²) in [4.78, 5) is 36.1. The van der Waals surface area contributed by atoms with Crippen LogP contribution in [0.3, 0.4) is 0 Å². The van der Waals surface area contributed by atoms with E-state index in [0.717, 1.165) is 6.07 Å². The number of benzene rings is 2. The number of ether oxygens (including phenoxy) is 1. The lowest BCUT2D eigenvalue weighted by atomic mass is 10.2. The van der Waals surface area contributed by atoms with E-state index in [1.54, 1.807) is 30.3 Å². The molecule has 2 atom stereocenters. The second-order valence-corrected chi connectivity index (χ2v) is 5.64. The van der Waals surface area contributed by atoms with Crippen LogP contribution in [0, 0.1) is 5.82 Å². The molecule has 0 aliphatic rings. The van der Waals surface area contributed by atoms with Crippen LogP contribution in [0.2, 0.25) is 0 Å². The molecule has 7 heteroatoms. The lowest BCUT2D eigenvalue weighted by Crippen LogP contribution is -2.42. The Hall–Kier alpha value is -3.22. The zero-order valence-electron chi connectivity index (χ0n) is 14.4. The van der Waals surface area contributed by atoms with Gasteiger partial charge in [0.05, 0.1) is 0 Å². The van der Waals surface area contributed by atoms with Gasteiger partial charge in [-0.2, -0.15) is 0 Å². The third kappa shape index (κ3) is 5.41. The molecule has 0 spiro atoms. The molecule has 2 N–H and O–H groups in total. The molecule has 136 valence electrons. The normalized spacial score (nSPS) is 12.6. The number of esters is 1. The maximum atomic E-state index is 13.1. The minimum absolute atomic E-state index is 0.253. The molecule has 2 amide bonds. The fourth-order valence-electron chi connectivity index (χ4n) is 2.07. The SMILES string of the molecule is C[C@H](NC(=O)c1ccccc1)C(=O)O[C@H](C)C(=O)Nc1cccc(F)c1. The van der Waals surface area contributed by atoms with E-state index in [1.807, 2.05) is 0 Å². The van der Waals surface area contributed by atoms with Crippen molar-refractivity contribution in [3.63, 3.8) is 0 Å². The van der Waals surface area contributed by atoms with Crippen molar-refractivity contribution in [3.8, 4) is 0 Å². The van der Waals surface area contributed by atoms with Crippen molar-refractivity contribution < 1.29 is 23.5 Å². The van der Waals surface area contributed by atoms with Gasteiger partial charge in [-0.25, -0.2) is 9.18 Å². The number of nitrogens with one attached hydrogen (secondary N) is 2. The first-order valence-electron chi connectivity index (χ1n) is 7.99. The average molecular weight is 358 g/mol. The van der Waals surface area contributed by atoms with Crippen molar-refractivity contribution in [1.82, 2.24) is 5.32 Å². The van der Waals surface area contributed by atoms with Gasteiger partial charge in [0.15, 0.2) is 6.10 Å². The van der Waals surface area contributed by atoms with Gasteiger partial charge >= 0.3 is 5.97 Å². The Morgan fingerprint density at radius 2 is 1.69 bits per heavy atom. The molecule has 6 nitrogen and oxygen atoms in total. The Morgan fingerprint density at radius 1 is 1.00 bits per heavy atom. The van der Waals surface area contributed by atoms with E-state index in [4.69, 9.17) is 4.74 Å². The molecule has 0 radical (unpaired) electrons. The van der Waals surface area contributed by atoms with E-state index in [0.29, 0.717) is 5.56 Å². The number of anilines is 1. The molecule has 0 saturated carbocycles. The third-order valence-electron chi connectivity index (χ3n) is 3.49. The van der Waals surface area contributed by atoms with Crippen molar-refractivity contribution in [1.29, 1.82) is 0 Å². The topological polar surface area (TPSA) is 84.5 Å². The summed E-state index contributed by atoms with van der Waals surface area (Å²) >= 11 is 0. The van der Waals surface area contributed by atoms with Gasteiger partial charge in [0, 0.05) is 11.3 Å². The maximum absolute atomic E-state index is 13.1. The van der Waals surface area contributed by atoms with E-state index in [-0.39, 0.29) is 5.69 Å². The molecule has 0 unspecified atom stereocenters. The first kappa shape index (κ1) is 19.1. The largest absolute Gasteiger partial charge is 0.451 e. The molecular weight excluding hydrogens is 339 g/mol. The number of halogens is 1. The van der Waals surface area contributed by atoms with Gasteiger partial charge in [0.2, 0.25) is 0 Å². The molecular formula is C19H19FN2O4. The third-order valence-corrected chi connectivity index (χ3v) is 3.49. The highest BCUT2D eigenvalue weighted by atomic mass is 19.1. The van der Waals surface area contributed by atoms with E-state index >= 15 is 0 Å². The number of carbonyl (C=O) groups is 3. The first-order valence-corrected chi connectivity index (χ1v) is 7.99. The van der Waals surface area contributed by atoms with Crippen molar-refractivity contribution >= 4 is 23.5 Å². The summed E-state index contributed by atoms with van der Waals surface area (Å²) in [5, 5.41) is 4.95. The maximum Gasteiger partial charge on any atom is 0.329 e. The Balaban J connectivity index is 1.87. The molecule has 0 fully saturated rings. The van der Waals surface area contributed by atoms with Crippen LogP contribution in [0.1, 0.15) is 24.2 Å². The van der Waals surface area contributed by atoms with E-state index in [2.05, 4.69) is 10.6 Å². The smallest absolute Gasteiger partial charge is 0.329 e. The van der Waals surface area contributed by atoms with Crippen LogP contribution < -0.4 is 10.6 Å². The Morgan fingerprint density at radius 3 is 2.35 bits per heavy atom. The summed E-state index contributed by atoms with van der Waals surface area (Å²) in [7, 11) is 0. The second-order valence-electron chi connectivity index (χ2n) is 5.64. The van der Waals surface area contributed by atoms with Gasteiger partial charge in [-0.05, 0) is 44.2 Å². The quantitative estimate of drug-likeness (QED) is 0.777. The number of hydrogen-bond acceptors (Lipinski definition) is 4. The van der Waals surface area contributed by atoms with Crippen LogP contribution in [0.15, 0.2) is 54.6 Å². The lowest BCUT2D eigenvalue weighted by Gasteiger charge is -2.17. The van der Waals surface area contributed by atoms with Crippen molar-refractivity contribution in [2.75, 3.05) is 5.32 Å². The van der Waals surface area contributed by atoms with Crippen molar-refractivity contribution in [2.24, 2.45) is 0 Å². The van der Waals surface area contributed by atoms with Crippen LogP contribution in [-0.2, 0) is 14.3 Å². The molecule has 2 aromatic rings. The summed E-state index contributed by atoms with van der Waals surface area (Å²) in [5.74, 6) is -2.28. The monoisotopic (exact) mass is 358 g/mol. The minimum atomic E-state index is -1.11. The van der Waals surface area contributed by atoms with E-state index < -0.39 is 35.7 Å². The number of amides is 2. The fraction of sp³-hybridized carbons (Fsp3) is 0.211. The molecule has 26 heavy (non-hydrogen) atoms. The van der Waals surface area contributed by atoms with Crippen LogP contribution in [-0.4, -0.2) is 29.9 Å². The highest BCUT2D eigenvalue weighted by Gasteiger charge is 2.23. The van der Waals surface area contributed by atoms with Crippen LogP contribution in [0.25, 0.3) is 0 Å². The Bertz CT molecular complexity index is 795. The summed E-state index contributed by atoms with van der Waals surface area (Å²) in [6, 6.07) is 12.8. The van der Waals surface area contributed by atoms with Crippen LogP contribution in [0.4, 0.5) is 10.1 Å². The standard InChI is InChI=1S/C19H19FN2O4/c1-12(21-18(24)14-7-4-3-5-8-14)19(25)26-13(2)17(23)22-16-10-6-9-15(20)11-16/h3-13H,1-2H3,(H,21,24)(H,22,23)/t12-,13+/m0/s1. The van der Waals surface area contributed by atoms with Gasteiger partial charge in [0.1, 0.15) is 11.9 Å². The van der Waals surface area contributed by atoms with Gasteiger partial charge in [-0.15, -0.1) is 0 Å². The Kier molecular flexibility index (Phi) is 6.43. The molecule has 2 rings (SSSR count). The molecule has 0 saturated heterocycles. The second kappa shape index (κ2) is 8.75. The minimum Gasteiger partial charge on any atom is -0.451 e. The van der Waals surface area contributed by atoms with Gasteiger partial charge in [-0.3, -0.25) is 9.59 Å². The Labute approximate surface area is 150 Å². The van der Waals surface area contributed by atoms with Gasteiger partial charge in [0.25, 0.3) is 11.8 Å². The number of rotatable bonds is 6.